The number of unbranched alkanes of at least 4 members (excludes halogenated alkanes) is 2. The first kappa shape index (κ1) is 15.4. The lowest BCUT2D eigenvalue weighted by Gasteiger charge is -2.05. The first-order chi connectivity index (χ1) is 7.99. The number of carboxylic acid groups (broad SMARTS) is 2. The number of aliphatic carboxylic acids is 2. The Hall–Kier alpha value is -1.62. The molecule has 0 heterocycles. The van der Waals surface area contributed by atoms with Crippen molar-refractivity contribution in [2.75, 3.05) is 13.2 Å². The summed E-state index contributed by atoms with van der Waals surface area (Å²) in [5.41, 5.74) is 0.0555. The Bertz CT molecular complexity index is 317. The minimum atomic E-state index is -1.14. The standard InChI is InChI=1S/C12H18O5/c1-3-4-5-6-10(12(15)16)8-17-7-9(2)11(13)14/h6H,2-5,7-8H2,1H3,(H,13,14)(H,15,16). The first-order valence-corrected chi connectivity index (χ1v) is 5.40. The second kappa shape index (κ2) is 8.52. The van der Waals surface area contributed by atoms with Gasteiger partial charge in [0.15, 0.2) is 0 Å². The van der Waals surface area contributed by atoms with E-state index < -0.39 is 11.9 Å². The molecule has 0 bridgehead atoms. The normalized spacial score (nSPS) is 11.2. The van der Waals surface area contributed by atoms with Gasteiger partial charge in [0.05, 0.1) is 24.4 Å². The minimum Gasteiger partial charge on any atom is -0.478 e. The molecule has 0 fully saturated rings. The maximum Gasteiger partial charge on any atom is 0.333 e. The maximum atomic E-state index is 10.8. The van der Waals surface area contributed by atoms with E-state index in [1.165, 1.54) is 0 Å². The van der Waals surface area contributed by atoms with E-state index in [9.17, 15) is 9.59 Å². The average Bonchev–Trinajstić information content (AvgIpc) is 2.26. The van der Waals surface area contributed by atoms with Crippen LogP contribution >= 0.6 is 0 Å². The van der Waals surface area contributed by atoms with Crippen molar-refractivity contribution in [3.63, 3.8) is 0 Å². The molecular formula is C12H18O5. The van der Waals surface area contributed by atoms with Gasteiger partial charge in [0, 0.05) is 0 Å². The molecule has 0 saturated heterocycles. The van der Waals surface area contributed by atoms with Crippen molar-refractivity contribution in [2.24, 2.45) is 0 Å². The van der Waals surface area contributed by atoms with E-state index in [1.807, 2.05) is 6.92 Å². The molecule has 0 aromatic heterocycles. The van der Waals surface area contributed by atoms with Gasteiger partial charge in [0.2, 0.25) is 0 Å². The molecular weight excluding hydrogens is 224 g/mol. The highest BCUT2D eigenvalue weighted by atomic mass is 16.5. The third-order valence-corrected chi connectivity index (χ3v) is 2.06. The number of carboxylic acids is 2. The fourth-order valence-electron chi connectivity index (χ4n) is 1.03. The van der Waals surface area contributed by atoms with E-state index >= 15 is 0 Å². The van der Waals surface area contributed by atoms with Crippen molar-refractivity contribution in [3.8, 4) is 0 Å². The molecule has 0 aliphatic heterocycles. The predicted octanol–water partition coefficient (Wildman–Crippen LogP) is 1.84. The largest absolute Gasteiger partial charge is 0.478 e. The van der Waals surface area contributed by atoms with Gasteiger partial charge in [-0.05, 0) is 6.42 Å². The highest BCUT2D eigenvalue weighted by Gasteiger charge is 2.09. The smallest absolute Gasteiger partial charge is 0.333 e. The summed E-state index contributed by atoms with van der Waals surface area (Å²) in [4.78, 5) is 21.2. The second-order valence-corrected chi connectivity index (χ2v) is 3.58. The van der Waals surface area contributed by atoms with Gasteiger partial charge < -0.3 is 14.9 Å². The van der Waals surface area contributed by atoms with E-state index in [0.29, 0.717) is 6.42 Å². The maximum absolute atomic E-state index is 10.8. The second-order valence-electron chi connectivity index (χ2n) is 3.58. The van der Waals surface area contributed by atoms with Crippen LogP contribution in [0, 0.1) is 0 Å². The Labute approximate surface area is 100 Å². The zero-order valence-electron chi connectivity index (χ0n) is 9.94. The van der Waals surface area contributed by atoms with Crippen LogP contribution in [0.25, 0.3) is 0 Å². The fourth-order valence-corrected chi connectivity index (χ4v) is 1.03. The summed E-state index contributed by atoms with van der Waals surface area (Å²) in [5.74, 6) is -2.18. The molecule has 2 N–H and O–H groups in total. The molecule has 5 heteroatoms. The molecule has 0 spiro atoms. The summed E-state index contributed by atoms with van der Waals surface area (Å²) in [6.07, 6.45) is 4.19. The van der Waals surface area contributed by atoms with Gasteiger partial charge in [-0.1, -0.05) is 32.4 Å². The zero-order valence-corrected chi connectivity index (χ0v) is 9.94. The minimum absolute atomic E-state index is 0.0942. The predicted molar refractivity (Wildman–Crippen MR) is 62.8 cm³/mol. The van der Waals surface area contributed by atoms with E-state index in [1.54, 1.807) is 6.08 Å². The van der Waals surface area contributed by atoms with Gasteiger partial charge in [0.1, 0.15) is 0 Å². The van der Waals surface area contributed by atoms with Crippen molar-refractivity contribution in [2.45, 2.75) is 26.2 Å². The van der Waals surface area contributed by atoms with Crippen LogP contribution < -0.4 is 0 Å². The van der Waals surface area contributed by atoms with Crippen LogP contribution in [0.15, 0.2) is 23.8 Å². The number of hydrogen-bond acceptors (Lipinski definition) is 3. The highest BCUT2D eigenvalue weighted by molar-refractivity contribution is 5.87. The number of allylic oxidation sites excluding steroid dienone is 1. The Kier molecular flexibility index (Phi) is 7.71. The summed E-state index contributed by atoms with van der Waals surface area (Å²) in [5, 5.41) is 17.4. The van der Waals surface area contributed by atoms with Gasteiger partial charge in [-0.15, -0.1) is 0 Å². The lowest BCUT2D eigenvalue weighted by molar-refractivity contribution is -0.133. The quantitative estimate of drug-likeness (QED) is 0.476. The molecule has 0 radical (unpaired) electrons. The third-order valence-electron chi connectivity index (χ3n) is 2.06. The van der Waals surface area contributed by atoms with Crippen molar-refractivity contribution < 1.29 is 24.5 Å². The number of rotatable bonds is 9. The van der Waals surface area contributed by atoms with Gasteiger partial charge in [-0.2, -0.15) is 0 Å². The van der Waals surface area contributed by atoms with Crippen LogP contribution in [0.2, 0.25) is 0 Å². The topological polar surface area (TPSA) is 83.8 Å². The first-order valence-electron chi connectivity index (χ1n) is 5.40. The van der Waals surface area contributed by atoms with Crippen molar-refractivity contribution in [1.29, 1.82) is 0 Å². The summed E-state index contributed by atoms with van der Waals surface area (Å²) in [6.45, 7) is 5.02. The molecule has 0 saturated carbocycles. The number of carbonyl (C=O) groups is 2. The lowest BCUT2D eigenvalue weighted by atomic mass is 10.2. The monoisotopic (exact) mass is 242 g/mol. The SMILES string of the molecule is C=C(COCC(=CCCCC)C(=O)O)C(=O)O. The Morgan fingerprint density at radius 1 is 1.24 bits per heavy atom. The van der Waals surface area contributed by atoms with Crippen molar-refractivity contribution >= 4 is 11.9 Å². The van der Waals surface area contributed by atoms with Gasteiger partial charge >= 0.3 is 11.9 Å². The molecule has 0 aliphatic rings. The number of ether oxygens (including phenoxy) is 1. The van der Waals surface area contributed by atoms with Gasteiger partial charge in [-0.3, -0.25) is 0 Å². The molecule has 17 heavy (non-hydrogen) atoms. The molecule has 0 aliphatic carbocycles. The van der Waals surface area contributed by atoms with Crippen molar-refractivity contribution in [3.05, 3.63) is 23.8 Å². The molecule has 5 nitrogen and oxygen atoms in total. The van der Waals surface area contributed by atoms with Crippen LogP contribution in [-0.2, 0) is 14.3 Å². The van der Waals surface area contributed by atoms with E-state index in [2.05, 4.69) is 6.58 Å². The van der Waals surface area contributed by atoms with Crippen LogP contribution in [0.5, 0.6) is 0 Å². The third kappa shape index (κ3) is 7.30. The molecule has 0 rings (SSSR count). The fraction of sp³-hybridized carbons (Fsp3) is 0.500. The van der Waals surface area contributed by atoms with Gasteiger partial charge in [-0.25, -0.2) is 9.59 Å². The zero-order chi connectivity index (χ0) is 13.3. The Balaban J connectivity index is 4.10. The Morgan fingerprint density at radius 3 is 2.35 bits per heavy atom. The van der Waals surface area contributed by atoms with Crippen LogP contribution in [0.3, 0.4) is 0 Å². The molecule has 0 aromatic rings. The van der Waals surface area contributed by atoms with Gasteiger partial charge in [0.25, 0.3) is 0 Å². The van der Waals surface area contributed by atoms with E-state index in [0.717, 1.165) is 12.8 Å². The van der Waals surface area contributed by atoms with Crippen LogP contribution in [0.4, 0.5) is 0 Å². The van der Waals surface area contributed by atoms with Crippen LogP contribution in [0.1, 0.15) is 26.2 Å². The molecule has 0 amide bonds. The molecule has 0 atom stereocenters. The summed E-state index contributed by atoms with van der Waals surface area (Å²) < 4.78 is 4.98. The molecule has 96 valence electrons. The molecule has 0 aromatic carbocycles. The summed E-state index contributed by atoms with van der Waals surface area (Å²) >= 11 is 0. The molecule has 0 unspecified atom stereocenters. The van der Waals surface area contributed by atoms with Crippen molar-refractivity contribution in [1.82, 2.24) is 0 Å². The number of hydrogen-bond donors (Lipinski definition) is 2. The highest BCUT2D eigenvalue weighted by Crippen LogP contribution is 2.04. The van der Waals surface area contributed by atoms with Crippen LogP contribution in [-0.4, -0.2) is 35.4 Å². The Morgan fingerprint density at radius 2 is 1.88 bits per heavy atom. The summed E-state index contributed by atoms with van der Waals surface area (Å²) in [7, 11) is 0. The average molecular weight is 242 g/mol. The van der Waals surface area contributed by atoms with E-state index in [-0.39, 0.29) is 24.4 Å². The summed E-state index contributed by atoms with van der Waals surface area (Å²) in [6, 6.07) is 0. The van der Waals surface area contributed by atoms with E-state index in [4.69, 9.17) is 14.9 Å². The lowest BCUT2D eigenvalue weighted by Crippen LogP contribution is -2.12.